The summed E-state index contributed by atoms with van der Waals surface area (Å²) in [6, 6.07) is 3.50. The number of benzene rings is 1. The van der Waals surface area contributed by atoms with Gasteiger partial charge in [-0.05, 0) is 18.6 Å². The standard InChI is InChI=1S/C13H16F3NO2/c1-19-8-9-4-5-17(7-9)10-2-3-11(12(18)6-10)13(14,15)16/h2-3,6,9,18H,4-5,7-8H2,1H3. The van der Waals surface area contributed by atoms with Crippen molar-refractivity contribution in [1.82, 2.24) is 0 Å². The minimum Gasteiger partial charge on any atom is -0.507 e. The van der Waals surface area contributed by atoms with Gasteiger partial charge >= 0.3 is 6.18 Å². The van der Waals surface area contributed by atoms with E-state index in [9.17, 15) is 18.3 Å². The molecule has 1 fully saturated rings. The summed E-state index contributed by atoms with van der Waals surface area (Å²) in [5.41, 5.74) is -0.381. The number of phenolic OH excluding ortho intramolecular Hbond substituents is 1. The average Bonchev–Trinajstić information content (AvgIpc) is 2.76. The molecular weight excluding hydrogens is 259 g/mol. The molecule has 1 aromatic carbocycles. The van der Waals surface area contributed by atoms with E-state index in [-0.39, 0.29) is 0 Å². The number of phenols is 1. The molecule has 19 heavy (non-hydrogen) atoms. The first-order chi connectivity index (χ1) is 8.91. The lowest BCUT2D eigenvalue weighted by Gasteiger charge is -2.20. The lowest BCUT2D eigenvalue weighted by atomic mass is 10.1. The number of hydrogen-bond acceptors (Lipinski definition) is 3. The van der Waals surface area contributed by atoms with Gasteiger partial charge < -0.3 is 14.7 Å². The van der Waals surface area contributed by atoms with Gasteiger partial charge in [0.2, 0.25) is 0 Å². The fourth-order valence-corrected chi connectivity index (χ4v) is 2.40. The monoisotopic (exact) mass is 275 g/mol. The number of nitrogens with zero attached hydrogens (tertiary/aromatic N) is 1. The topological polar surface area (TPSA) is 32.7 Å². The molecule has 1 saturated heterocycles. The maximum Gasteiger partial charge on any atom is 0.419 e. The van der Waals surface area contributed by atoms with Crippen molar-refractivity contribution in [3.8, 4) is 5.75 Å². The Balaban J connectivity index is 2.13. The SMILES string of the molecule is COCC1CCN(c2ccc(C(F)(F)F)c(O)c2)C1. The summed E-state index contributed by atoms with van der Waals surface area (Å²) in [7, 11) is 1.63. The first-order valence-corrected chi connectivity index (χ1v) is 6.06. The third-order valence-corrected chi connectivity index (χ3v) is 3.34. The van der Waals surface area contributed by atoms with Crippen LogP contribution >= 0.6 is 0 Å². The fourth-order valence-electron chi connectivity index (χ4n) is 2.40. The Hall–Kier alpha value is -1.43. The number of rotatable bonds is 3. The number of alkyl halides is 3. The molecular formula is C13H16F3NO2. The molecule has 2 rings (SSSR count). The van der Waals surface area contributed by atoms with Crippen molar-refractivity contribution in [3.05, 3.63) is 23.8 Å². The van der Waals surface area contributed by atoms with E-state index in [0.29, 0.717) is 18.2 Å². The van der Waals surface area contributed by atoms with Crippen LogP contribution in [0.2, 0.25) is 0 Å². The predicted octanol–water partition coefficient (Wildman–Crippen LogP) is 2.88. The second-order valence-electron chi connectivity index (χ2n) is 4.76. The molecule has 1 aromatic rings. The van der Waals surface area contributed by atoms with Crippen molar-refractivity contribution >= 4 is 5.69 Å². The van der Waals surface area contributed by atoms with E-state index in [1.165, 1.54) is 12.1 Å². The molecule has 0 aliphatic carbocycles. The third-order valence-electron chi connectivity index (χ3n) is 3.34. The number of methoxy groups -OCH3 is 1. The maximum absolute atomic E-state index is 12.5. The van der Waals surface area contributed by atoms with Gasteiger partial charge in [0.05, 0.1) is 12.2 Å². The Morgan fingerprint density at radius 3 is 2.74 bits per heavy atom. The van der Waals surface area contributed by atoms with Gasteiger partial charge in [-0.1, -0.05) is 0 Å². The van der Waals surface area contributed by atoms with Crippen molar-refractivity contribution in [2.75, 3.05) is 31.7 Å². The highest BCUT2D eigenvalue weighted by Crippen LogP contribution is 2.38. The Bertz CT molecular complexity index is 448. The quantitative estimate of drug-likeness (QED) is 0.920. The van der Waals surface area contributed by atoms with E-state index in [4.69, 9.17) is 4.74 Å². The number of ether oxygens (including phenoxy) is 1. The van der Waals surface area contributed by atoms with E-state index in [1.54, 1.807) is 7.11 Å². The van der Waals surface area contributed by atoms with Crippen LogP contribution in [-0.4, -0.2) is 31.9 Å². The molecule has 0 radical (unpaired) electrons. The van der Waals surface area contributed by atoms with Crippen LogP contribution in [0.25, 0.3) is 0 Å². The van der Waals surface area contributed by atoms with Gasteiger partial charge in [-0.2, -0.15) is 13.2 Å². The molecule has 0 aromatic heterocycles. The highest BCUT2D eigenvalue weighted by molar-refractivity contribution is 5.54. The highest BCUT2D eigenvalue weighted by Gasteiger charge is 2.34. The zero-order valence-corrected chi connectivity index (χ0v) is 10.6. The van der Waals surface area contributed by atoms with E-state index in [1.807, 2.05) is 4.90 Å². The summed E-state index contributed by atoms with van der Waals surface area (Å²) in [4.78, 5) is 1.96. The number of aromatic hydroxyl groups is 1. The van der Waals surface area contributed by atoms with E-state index < -0.39 is 17.5 Å². The van der Waals surface area contributed by atoms with Crippen LogP contribution in [-0.2, 0) is 10.9 Å². The van der Waals surface area contributed by atoms with Crippen LogP contribution < -0.4 is 4.90 Å². The molecule has 1 N–H and O–H groups in total. The molecule has 0 spiro atoms. The predicted molar refractivity (Wildman–Crippen MR) is 65.3 cm³/mol. The Labute approximate surface area is 109 Å². The van der Waals surface area contributed by atoms with E-state index in [2.05, 4.69) is 0 Å². The molecule has 1 unspecified atom stereocenters. The second kappa shape index (κ2) is 5.28. The minimum absolute atomic E-state index is 0.384. The average molecular weight is 275 g/mol. The zero-order valence-electron chi connectivity index (χ0n) is 10.6. The van der Waals surface area contributed by atoms with Crippen molar-refractivity contribution in [2.24, 2.45) is 5.92 Å². The first-order valence-electron chi connectivity index (χ1n) is 6.06. The molecule has 3 nitrogen and oxygen atoms in total. The highest BCUT2D eigenvalue weighted by atomic mass is 19.4. The van der Waals surface area contributed by atoms with Gasteiger partial charge in [0.1, 0.15) is 5.75 Å². The molecule has 0 amide bonds. The lowest BCUT2D eigenvalue weighted by Crippen LogP contribution is -2.21. The van der Waals surface area contributed by atoms with Crippen LogP contribution in [0.1, 0.15) is 12.0 Å². The van der Waals surface area contributed by atoms with Crippen LogP contribution in [0.15, 0.2) is 18.2 Å². The Kier molecular flexibility index (Phi) is 3.89. The van der Waals surface area contributed by atoms with Gasteiger partial charge in [0.25, 0.3) is 0 Å². The molecule has 0 bridgehead atoms. The second-order valence-corrected chi connectivity index (χ2v) is 4.76. The maximum atomic E-state index is 12.5. The normalized spacial score (nSPS) is 20.0. The van der Waals surface area contributed by atoms with Gasteiger partial charge in [-0.3, -0.25) is 0 Å². The molecule has 6 heteroatoms. The summed E-state index contributed by atoms with van der Waals surface area (Å²) in [5.74, 6) is -0.338. The first kappa shape index (κ1) is 14.0. The molecule has 1 aliphatic rings. The summed E-state index contributed by atoms with van der Waals surface area (Å²) in [6.45, 7) is 2.14. The number of anilines is 1. The molecule has 1 heterocycles. The molecule has 106 valence electrons. The van der Waals surface area contributed by atoms with Crippen LogP contribution in [0.4, 0.5) is 18.9 Å². The summed E-state index contributed by atoms with van der Waals surface area (Å²) in [6.07, 6.45) is -3.58. The van der Waals surface area contributed by atoms with Crippen molar-refractivity contribution in [3.63, 3.8) is 0 Å². The third kappa shape index (κ3) is 3.12. The van der Waals surface area contributed by atoms with Gasteiger partial charge in [-0.15, -0.1) is 0 Å². The van der Waals surface area contributed by atoms with Gasteiger partial charge in [-0.25, -0.2) is 0 Å². The Morgan fingerprint density at radius 2 is 2.16 bits per heavy atom. The van der Waals surface area contributed by atoms with Crippen molar-refractivity contribution in [2.45, 2.75) is 12.6 Å². The van der Waals surface area contributed by atoms with Gasteiger partial charge in [0.15, 0.2) is 0 Å². The fraction of sp³-hybridized carbons (Fsp3) is 0.538. The smallest absolute Gasteiger partial charge is 0.419 e. The Morgan fingerprint density at radius 1 is 1.42 bits per heavy atom. The summed E-state index contributed by atoms with van der Waals surface area (Å²) < 4.78 is 42.7. The van der Waals surface area contributed by atoms with E-state index >= 15 is 0 Å². The van der Waals surface area contributed by atoms with Crippen LogP contribution in [0.3, 0.4) is 0 Å². The van der Waals surface area contributed by atoms with Crippen molar-refractivity contribution < 1.29 is 23.0 Å². The number of halogens is 3. The van der Waals surface area contributed by atoms with Crippen molar-refractivity contribution in [1.29, 1.82) is 0 Å². The minimum atomic E-state index is -4.52. The van der Waals surface area contributed by atoms with Crippen LogP contribution in [0.5, 0.6) is 5.75 Å². The summed E-state index contributed by atoms with van der Waals surface area (Å²) in [5, 5.41) is 9.49. The van der Waals surface area contributed by atoms with Gasteiger partial charge in [0, 0.05) is 37.9 Å². The molecule has 1 aliphatic heterocycles. The van der Waals surface area contributed by atoms with E-state index in [0.717, 1.165) is 25.6 Å². The summed E-state index contributed by atoms with van der Waals surface area (Å²) >= 11 is 0. The zero-order chi connectivity index (χ0) is 14.0. The lowest BCUT2D eigenvalue weighted by molar-refractivity contribution is -0.138. The van der Waals surface area contributed by atoms with Crippen LogP contribution in [0, 0.1) is 5.92 Å². The largest absolute Gasteiger partial charge is 0.507 e. The molecule has 0 saturated carbocycles. The number of hydrogen-bond donors (Lipinski definition) is 1. The molecule has 1 atom stereocenters.